The Hall–Kier alpha value is -2.74. The Morgan fingerprint density at radius 3 is 2.52 bits per heavy atom. The van der Waals surface area contributed by atoms with Gasteiger partial charge in [-0.05, 0) is 36.1 Å². The van der Waals surface area contributed by atoms with E-state index in [2.05, 4.69) is 26.1 Å². The van der Waals surface area contributed by atoms with Crippen molar-refractivity contribution in [3.63, 3.8) is 0 Å². The van der Waals surface area contributed by atoms with Crippen molar-refractivity contribution < 1.29 is 22.7 Å². The van der Waals surface area contributed by atoms with Crippen molar-refractivity contribution in [1.82, 2.24) is 5.32 Å². The van der Waals surface area contributed by atoms with E-state index in [1.165, 1.54) is 4.31 Å². The molecule has 0 unspecified atom stereocenters. The summed E-state index contributed by atoms with van der Waals surface area (Å²) in [5.74, 6) is 0.644. The summed E-state index contributed by atoms with van der Waals surface area (Å²) in [4.78, 5) is 13.0. The molecule has 2 atom stereocenters. The summed E-state index contributed by atoms with van der Waals surface area (Å²) in [7, 11) is -2.03. The van der Waals surface area contributed by atoms with Crippen LogP contribution >= 0.6 is 0 Å². The monoisotopic (exact) mass is 446 g/mol. The Morgan fingerprint density at radius 1 is 1.23 bits per heavy atom. The summed E-state index contributed by atoms with van der Waals surface area (Å²) in [6.07, 6.45) is 0.165. The topological polar surface area (TPSA) is 84.9 Å². The largest absolute Gasteiger partial charge is 0.496 e. The van der Waals surface area contributed by atoms with E-state index in [9.17, 15) is 13.2 Å². The van der Waals surface area contributed by atoms with E-state index < -0.39 is 22.0 Å². The number of nitrogens with zero attached hydrogens (tertiary/aromatic N) is 1. The quantitative estimate of drug-likeness (QED) is 0.761. The van der Waals surface area contributed by atoms with Gasteiger partial charge in [0.05, 0.1) is 31.6 Å². The van der Waals surface area contributed by atoms with Gasteiger partial charge in [-0.25, -0.2) is 8.42 Å². The third-order valence-corrected chi connectivity index (χ3v) is 6.50. The van der Waals surface area contributed by atoms with Gasteiger partial charge in [-0.2, -0.15) is 0 Å². The molecular weight excluding hydrogens is 416 g/mol. The highest BCUT2D eigenvalue weighted by Crippen LogP contribution is 2.38. The smallest absolute Gasteiger partial charge is 0.263 e. The molecule has 0 saturated heterocycles. The van der Waals surface area contributed by atoms with Crippen molar-refractivity contribution in [3.05, 3.63) is 53.6 Å². The van der Waals surface area contributed by atoms with Gasteiger partial charge in [-0.15, -0.1) is 0 Å². The van der Waals surface area contributed by atoms with Crippen molar-refractivity contribution in [2.24, 2.45) is 0 Å². The molecule has 7 nitrogen and oxygen atoms in total. The number of hydrogen-bond donors (Lipinski definition) is 1. The van der Waals surface area contributed by atoms with Crippen LogP contribution in [0.3, 0.4) is 0 Å². The zero-order chi connectivity index (χ0) is 23.0. The van der Waals surface area contributed by atoms with Crippen LogP contribution in [0.2, 0.25) is 0 Å². The number of nitrogens with one attached hydrogen (secondary N) is 1. The molecule has 2 aromatic rings. The minimum absolute atomic E-state index is 0.0933. The van der Waals surface area contributed by atoms with Gasteiger partial charge in [0.2, 0.25) is 10.0 Å². The molecule has 0 aliphatic carbocycles. The molecule has 31 heavy (non-hydrogen) atoms. The minimum atomic E-state index is -3.61. The number of fused-ring (bicyclic) bond motifs is 1. The van der Waals surface area contributed by atoms with Crippen molar-refractivity contribution in [1.29, 1.82) is 0 Å². The number of rotatable bonds is 5. The SMILES string of the molecule is COc1ccccc1[C@@H](C)NC(=O)[C@H]1CN(S(C)(=O)=O)c2cc(C(C)(C)C)ccc2O1. The lowest BCUT2D eigenvalue weighted by Gasteiger charge is -2.35. The maximum Gasteiger partial charge on any atom is 0.263 e. The number of methoxy groups -OCH3 is 1. The number of ether oxygens (including phenoxy) is 2. The Labute approximate surface area is 184 Å². The fourth-order valence-electron chi connectivity index (χ4n) is 3.58. The fourth-order valence-corrected chi connectivity index (χ4v) is 4.48. The highest BCUT2D eigenvalue weighted by molar-refractivity contribution is 7.92. The molecule has 1 heterocycles. The van der Waals surface area contributed by atoms with Crippen LogP contribution in [0.5, 0.6) is 11.5 Å². The van der Waals surface area contributed by atoms with Gasteiger partial charge in [0.25, 0.3) is 5.91 Å². The zero-order valence-corrected chi connectivity index (χ0v) is 19.6. The minimum Gasteiger partial charge on any atom is -0.496 e. The molecule has 0 fully saturated rings. The maximum atomic E-state index is 13.0. The summed E-state index contributed by atoms with van der Waals surface area (Å²) in [5, 5.41) is 2.91. The molecule has 1 aliphatic heterocycles. The number of amides is 1. The van der Waals surface area contributed by atoms with Crippen LogP contribution in [-0.2, 0) is 20.2 Å². The van der Waals surface area contributed by atoms with Gasteiger partial charge in [-0.1, -0.05) is 45.0 Å². The lowest BCUT2D eigenvalue weighted by Crippen LogP contribution is -2.50. The summed E-state index contributed by atoms with van der Waals surface area (Å²) in [6.45, 7) is 7.91. The van der Waals surface area contributed by atoms with Crippen LogP contribution in [0, 0.1) is 0 Å². The second kappa shape index (κ2) is 8.42. The van der Waals surface area contributed by atoms with Crippen LogP contribution in [0.25, 0.3) is 0 Å². The summed E-state index contributed by atoms with van der Waals surface area (Å²) >= 11 is 0. The molecule has 3 rings (SSSR count). The molecule has 0 bridgehead atoms. The van der Waals surface area contributed by atoms with Crippen molar-refractivity contribution in [2.45, 2.75) is 45.3 Å². The summed E-state index contributed by atoms with van der Waals surface area (Å²) in [6, 6.07) is 12.5. The van der Waals surface area contributed by atoms with Crippen molar-refractivity contribution in [3.8, 4) is 11.5 Å². The number of hydrogen-bond acceptors (Lipinski definition) is 5. The molecule has 0 spiro atoms. The van der Waals surface area contributed by atoms with Crippen LogP contribution in [0.4, 0.5) is 5.69 Å². The molecule has 168 valence electrons. The molecule has 2 aromatic carbocycles. The molecule has 1 N–H and O–H groups in total. The molecule has 8 heteroatoms. The fraction of sp³-hybridized carbons (Fsp3) is 0.435. The van der Waals surface area contributed by atoms with Gasteiger partial charge in [-0.3, -0.25) is 9.10 Å². The molecule has 0 radical (unpaired) electrons. The number of anilines is 1. The predicted molar refractivity (Wildman–Crippen MR) is 121 cm³/mol. The van der Waals surface area contributed by atoms with Gasteiger partial charge < -0.3 is 14.8 Å². The van der Waals surface area contributed by atoms with E-state index in [0.717, 1.165) is 17.4 Å². The van der Waals surface area contributed by atoms with Gasteiger partial charge >= 0.3 is 0 Å². The average Bonchev–Trinajstić information content (AvgIpc) is 2.70. The van der Waals surface area contributed by atoms with Crippen LogP contribution < -0.4 is 19.1 Å². The van der Waals surface area contributed by atoms with E-state index in [1.54, 1.807) is 13.2 Å². The molecule has 0 saturated carbocycles. The zero-order valence-electron chi connectivity index (χ0n) is 18.8. The number of carbonyl (C=O) groups excluding carboxylic acids is 1. The Kier molecular flexibility index (Phi) is 6.23. The lowest BCUT2D eigenvalue weighted by molar-refractivity contribution is -0.128. The van der Waals surface area contributed by atoms with Crippen LogP contribution in [0.1, 0.15) is 44.9 Å². The van der Waals surface area contributed by atoms with Gasteiger partial charge in [0, 0.05) is 5.56 Å². The maximum absolute atomic E-state index is 13.0. The third kappa shape index (κ3) is 4.95. The summed E-state index contributed by atoms with van der Waals surface area (Å²) < 4.78 is 37.6. The van der Waals surface area contributed by atoms with E-state index in [1.807, 2.05) is 43.3 Å². The van der Waals surface area contributed by atoms with Crippen LogP contribution in [-0.4, -0.2) is 40.3 Å². The van der Waals surface area contributed by atoms with Crippen molar-refractivity contribution in [2.75, 3.05) is 24.2 Å². The third-order valence-electron chi connectivity index (χ3n) is 5.35. The molecule has 1 amide bonds. The second-order valence-electron chi connectivity index (χ2n) is 8.81. The van der Waals surface area contributed by atoms with Crippen LogP contribution in [0.15, 0.2) is 42.5 Å². The van der Waals surface area contributed by atoms with Gasteiger partial charge in [0.1, 0.15) is 11.5 Å². The molecule has 0 aromatic heterocycles. The first-order valence-corrected chi connectivity index (χ1v) is 12.0. The Morgan fingerprint density at radius 2 is 1.90 bits per heavy atom. The van der Waals surface area contributed by atoms with Gasteiger partial charge in [0.15, 0.2) is 6.10 Å². The van der Waals surface area contributed by atoms with E-state index in [4.69, 9.17) is 9.47 Å². The van der Waals surface area contributed by atoms with Crippen molar-refractivity contribution >= 4 is 21.6 Å². The van der Waals surface area contributed by atoms with E-state index in [-0.39, 0.29) is 18.0 Å². The molecular formula is C23H30N2O5S. The normalized spacial score (nSPS) is 17.4. The average molecular weight is 447 g/mol. The first kappa shape index (κ1) is 22.9. The number of para-hydroxylation sites is 1. The predicted octanol–water partition coefficient (Wildman–Crippen LogP) is 3.40. The highest BCUT2D eigenvalue weighted by atomic mass is 32.2. The lowest BCUT2D eigenvalue weighted by atomic mass is 9.86. The first-order valence-electron chi connectivity index (χ1n) is 10.1. The first-order chi connectivity index (χ1) is 14.4. The number of sulfonamides is 1. The van der Waals surface area contributed by atoms with E-state index in [0.29, 0.717) is 17.2 Å². The molecule has 1 aliphatic rings. The number of carbonyl (C=O) groups is 1. The van der Waals surface area contributed by atoms with E-state index >= 15 is 0 Å². The summed E-state index contributed by atoms with van der Waals surface area (Å²) in [5.41, 5.74) is 2.11. The Balaban J connectivity index is 1.88. The highest BCUT2D eigenvalue weighted by Gasteiger charge is 2.36. The Bertz CT molecular complexity index is 1080. The second-order valence-corrected chi connectivity index (χ2v) is 10.7. The standard InChI is InChI=1S/C23H30N2O5S/c1-15(17-9-7-8-10-19(17)29-5)24-22(26)21-14-25(31(6,27)28)18-13-16(23(2,3)4)11-12-20(18)30-21/h7-13,15,21H,14H2,1-6H3,(H,24,26)/t15-,21-/m1/s1. The number of benzene rings is 2.